The number of halogens is 1. The Kier molecular flexibility index (Phi) is 6.40. The van der Waals surface area contributed by atoms with E-state index in [-0.39, 0.29) is 5.97 Å². The molecule has 0 unspecified atom stereocenters. The van der Waals surface area contributed by atoms with Crippen molar-refractivity contribution < 1.29 is 9.53 Å². The molecule has 1 aromatic rings. The second-order valence-corrected chi connectivity index (χ2v) is 4.97. The first kappa shape index (κ1) is 14.4. The van der Waals surface area contributed by atoms with Crippen LogP contribution in [0.1, 0.15) is 12.0 Å². The summed E-state index contributed by atoms with van der Waals surface area (Å²) in [5.41, 5.74) is 1.08. The molecule has 3 nitrogen and oxygen atoms in total. The number of hydrogen-bond donors (Lipinski definition) is 1. The highest BCUT2D eigenvalue weighted by Gasteiger charge is 2.08. The van der Waals surface area contributed by atoms with E-state index in [9.17, 15) is 4.79 Å². The van der Waals surface area contributed by atoms with E-state index < -0.39 is 0 Å². The van der Waals surface area contributed by atoms with E-state index in [4.69, 9.17) is 11.6 Å². The van der Waals surface area contributed by atoms with Gasteiger partial charge in [0.05, 0.1) is 13.5 Å². The van der Waals surface area contributed by atoms with Gasteiger partial charge in [0.15, 0.2) is 0 Å². The third kappa shape index (κ3) is 4.58. The lowest BCUT2D eigenvalue weighted by atomic mass is 10.2. The molecule has 0 spiro atoms. The minimum Gasteiger partial charge on any atom is -0.469 e. The average molecular weight is 274 g/mol. The molecule has 0 radical (unpaired) electrons. The van der Waals surface area contributed by atoms with Gasteiger partial charge in [0.25, 0.3) is 0 Å². The first-order valence-corrected chi connectivity index (χ1v) is 6.67. The van der Waals surface area contributed by atoms with Gasteiger partial charge in [-0.2, -0.15) is 0 Å². The summed E-state index contributed by atoms with van der Waals surface area (Å²) in [6, 6.07) is 5.81. The van der Waals surface area contributed by atoms with E-state index in [0.717, 1.165) is 22.0 Å². The maximum Gasteiger partial charge on any atom is 0.306 e. The van der Waals surface area contributed by atoms with Crippen molar-refractivity contribution in [3.05, 3.63) is 28.8 Å². The summed E-state index contributed by atoms with van der Waals surface area (Å²) < 4.78 is 4.60. The molecule has 0 saturated heterocycles. The fourth-order valence-corrected chi connectivity index (χ4v) is 2.69. The Morgan fingerprint density at radius 1 is 1.53 bits per heavy atom. The maximum absolute atomic E-state index is 11.0. The molecule has 0 amide bonds. The van der Waals surface area contributed by atoms with Crippen molar-refractivity contribution >= 4 is 29.3 Å². The normalized spacial score (nSPS) is 10.3. The highest BCUT2D eigenvalue weighted by Crippen LogP contribution is 2.28. The molecule has 0 aliphatic rings. The Labute approximate surface area is 111 Å². The number of hydrogen-bond acceptors (Lipinski definition) is 4. The van der Waals surface area contributed by atoms with Crippen LogP contribution in [0.3, 0.4) is 0 Å². The number of nitrogens with one attached hydrogen (secondary N) is 1. The third-order valence-corrected chi connectivity index (χ3v) is 3.68. The van der Waals surface area contributed by atoms with Crippen LogP contribution in [0, 0.1) is 0 Å². The zero-order valence-corrected chi connectivity index (χ0v) is 11.5. The van der Waals surface area contributed by atoms with Crippen LogP contribution in [0.25, 0.3) is 0 Å². The SMILES string of the molecule is CNCc1c(Cl)cccc1SCCC(=O)OC. The van der Waals surface area contributed by atoms with Gasteiger partial charge in [-0.3, -0.25) is 4.79 Å². The largest absolute Gasteiger partial charge is 0.469 e. The van der Waals surface area contributed by atoms with Gasteiger partial charge in [0.1, 0.15) is 0 Å². The van der Waals surface area contributed by atoms with Crippen LogP contribution in [0.4, 0.5) is 0 Å². The van der Waals surface area contributed by atoms with Crippen LogP contribution in [-0.4, -0.2) is 25.9 Å². The van der Waals surface area contributed by atoms with Gasteiger partial charge >= 0.3 is 5.97 Å². The second kappa shape index (κ2) is 7.58. The summed E-state index contributed by atoms with van der Waals surface area (Å²) in [6.07, 6.45) is 0.409. The topological polar surface area (TPSA) is 38.3 Å². The number of esters is 1. The molecule has 17 heavy (non-hydrogen) atoms. The van der Waals surface area contributed by atoms with Gasteiger partial charge in [-0.25, -0.2) is 0 Å². The minimum atomic E-state index is -0.185. The van der Waals surface area contributed by atoms with Crippen molar-refractivity contribution in [1.29, 1.82) is 0 Å². The molecule has 0 fully saturated rings. The maximum atomic E-state index is 11.0. The summed E-state index contributed by atoms with van der Waals surface area (Å²) in [5, 5.41) is 3.84. The highest BCUT2D eigenvalue weighted by atomic mass is 35.5. The molecule has 0 heterocycles. The molecular weight excluding hydrogens is 258 g/mol. The molecule has 1 rings (SSSR count). The lowest BCUT2D eigenvalue weighted by Gasteiger charge is -2.10. The van der Waals surface area contributed by atoms with E-state index >= 15 is 0 Å². The van der Waals surface area contributed by atoms with Crippen molar-refractivity contribution in [2.24, 2.45) is 0 Å². The van der Waals surface area contributed by atoms with Crippen LogP contribution in [0.5, 0.6) is 0 Å². The number of carbonyl (C=O) groups is 1. The number of methoxy groups -OCH3 is 1. The molecule has 0 bridgehead atoms. The molecule has 0 aliphatic heterocycles. The lowest BCUT2D eigenvalue weighted by molar-refractivity contribution is -0.140. The molecule has 1 N–H and O–H groups in total. The zero-order valence-electron chi connectivity index (χ0n) is 9.96. The van der Waals surface area contributed by atoms with Crippen molar-refractivity contribution in [2.75, 3.05) is 19.9 Å². The summed E-state index contributed by atoms with van der Waals surface area (Å²) in [7, 11) is 3.28. The highest BCUT2D eigenvalue weighted by molar-refractivity contribution is 7.99. The average Bonchev–Trinajstić information content (AvgIpc) is 2.33. The quantitative estimate of drug-likeness (QED) is 0.639. The predicted molar refractivity (Wildman–Crippen MR) is 71.6 cm³/mol. The van der Waals surface area contributed by atoms with Gasteiger partial charge in [0.2, 0.25) is 0 Å². The summed E-state index contributed by atoms with van der Waals surface area (Å²) in [6.45, 7) is 0.722. The van der Waals surface area contributed by atoms with Crippen LogP contribution >= 0.6 is 23.4 Å². The zero-order chi connectivity index (χ0) is 12.7. The van der Waals surface area contributed by atoms with E-state index in [2.05, 4.69) is 10.1 Å². The second-order valence-electron chi connectivity index (χ2n) is 3.42. The van der Waals surface area contributed by atoms with Gasteiger partial charge in [-0.05, 0) is 24.7 Å². The summed E-state index contributed by atoms with van der Waals surface area (Å²) >= 11 is 7.75. The Morgan fingerprint density at radius 3 is 2.94 bits per heavy atom. The molecule has 94 valence electrons. The number of rotatable bonds is 6. The summed E-state index contributed by atoms with van der Waals surface area (Å²) in [5.74, 6) is 0.513. The van der Waals surface area contributed by atoms with Gasteiger partial charge < -0.3 is 10.1 Å². The molecule has 1 aromatic carbocycles. The number of benzene rings is 1. The molecule has 5 heteroatoms. The van der Waals surface area contributed by atoms with Crippen molar-refractivity contribution in [3.8, 4) is 0 Å². The molecular formula is C12H16ClNO2S. The van der Waals surface area contributed by atoms with E-state index in [0.29, 0.717) is 12.2 Å². The van der Waals surface area contributed by atoms with E-state index in [1.54, 1.807) is 11.8 Å². The van der Waals surface area contributed by atoms with Crippen LogP contribution < -0.4 is 5.32 Å². The lowest BCUT2D eigenvalue weighted by Crippen LogP contribution is -2.07. The Hall–Kier alpha value is -0.710. The van der Waals surface area contributed by atoms with Crippen LogP contribution in [0.15, 0.2) is 23.1 Å². The molecule has 0 saturated carbocycles. The molecule has 0 aromatic heterocycles. The third-order valence-electron chi connectivity index (χ3n) is 2.22. The van der Waals surface area contributed by atoms with E-state index in [1.807, 2.05) is 25.2 Å². The van der Waals surface area contributed by atoms with Crippen LogP contribution in [-0.2, 0) is 16.1 Å². The van der Waals surface area contributed by atoms with Gasteiger partial charge in [-0.15, -0.1) is 11.8 Å². The Balaban J connectivity index is 2.63. The van der Waals surface area contributed by atoms with Gasteiger partial charge in [0, 0.05) is 22.2 Å². The minimum absolute atomic E-state index is 0.185. The van der Waals surface area contributed by atoms with Gasteiger partial charge in [-0.1, -0.05) is 17.7 Å². The predicted octanol–water partition coefficient (Wildman–Crippen LogP) is 2.71. The van der Waals surface area contributed by atoms with E-state index in [1.165, 1.54) is 7.11 Å². The smallest absolute Gasteiger partial charge is 0.306 e. The monoisotopic (exact) mass is 273 g/mol. The Morgan fingerprint density at radius 2 is 2.29 bits per heavy atom. The van der Waals surface area contributed by atoms with Crippen LogP contribution in [0.2, 0.25) is 5.02 Å². The first-order chi connectivity index (χ1) is 8.19. The van der Waals surface area contributed by atoms with Crippen molar-refractivity contribution in [3.63, 3.8) is 0 Å². The standard InChI is InChI=1S/C12H16ClNO2S/c1-14-8-9-10(13)4-3-5-11(9)17-7-6-12(15)16-2/h3-5,14H,6-8H2,1-2H3. The number of carbonyl (C=O) groups excluding carboxylic acids is 1. The first-order valence-electron chi connectivity index (χ1n) is 5.30. The number of thioether (sulfide) groups is 1. The summed E-state index contributed by atoms with van der Waals surface area (Å²) in [4.78, 5) is 12.1. The fraction of sp³-hybridized carbons (Fsp3) is 0.417. The number of ether oxygens (including phenoxy) is 1. The molecule has 0 atom stereocenters. The molecule has 0 aliphatic carbocycles. The Bertz CT molecular complexity index is 385. The van der Waals surface area contributed by atoms with Crippen molar-refractivity contribution in [1.82, 2.24) is 5.32 Å². The fourth-order valence-electron chi connectivity index (χ4n) is 1.37. The van der Waals surface area contributed by atoms with Crippen molar-refractivity contribution in [2.45, 2.75) is 17.9 Å².